The fourth-order valence-electron chi connectivity index (χ4n) is 3.25. The summed E-state index contributed by atoms with van der Waals surface area (Å²) in [7, 11) is 0. The third-order valence-electron chi connectivity index (χ3n) is 4.89. The Bertz CT molecular complexity index is 1320. The number of hydrogen-bond donors (Lipinski definition) is 0. The molecule has 0 aliphatic rings. The minimum atomic E-state index is -5.07. The second-order valence-electron chi connectivity index (χ2n) is 7.47. The Morgan fingerprint density at radius 2 is 1.62 bits per heavy atom. The zero-order chi connectivity index (χ0) is 24.7. The molecule has 4 rings (SSSR count). The summed E-state index contributed by atoms with van der Waals surface area (Å²) >= 11 is 1.10. The van der Waals surface area contributed by atoms with E-state index in [9.17, 15) is 31.1 Å². The van der Waals surface area contributed by atoms with Crippen LogP contribution >= 0.6 is 11.3 Å². The van der Waals surface area contributed by atoms with Crippen LogP contribution in [-0.2, 0) is 18.9 Å². The van der Waals surface area contributed by atoms with Gasteiger partial charge in [-0.15, -0.1) is 0 Å². The first kappa shape index (κ1) is 23.7. The number of nitrogens with zero attached hydrogens (tertiary/aromatic N) is 3. The molecule has 176 valence electrons. The predicted molar refractivity (Wildman–Crippen MR) is 116 cm³/mol. The van der Waals surface area contributed by atoms with Gasteiger partial charge >= 0.3 is 12.4 Å². The van der Waals surface area contributed by atoms with Crippen molar-refractivity contribution in [2.24, 2.45) is 0 Å². The van der Waals surface area contributed by atoms with Gasteiger partial charge in [-0.3, -0.25) is 14.7 Å². The third-order valence-corrected chi connectivity index (χ3v) is 5.93. The number of aryl methyl sites for hydroxylation is 1. The third kappa shape index (κ3) is 5.04. The Morgan fingerprint density at radius 3 is 2.21 bits per heavy atom. The number of pyridine rings is 1. The number of benzene rings is 2. The van der Waals surface area contributed by atoms with Crippen molar-refractivity contribution in [3.8, 4) is 0 Å². The predicted octanol–water partition coefficient (Wildman–Crippen LogP) is 6.88. The topological polar surface area (TPSA) is 46.1 Å². The first-order valence-electron chi connectivity index (χ1n) is 9.80. The molecule has 0 unspecified atom stereocenters. The second kappa shape index (κ2) is 8.71. The molecule has 34 heavy (non-hydrogen) atoms. The summed E-state index contributed by atoms with van der Waals surface area (Å²) in [4.78, 5) is 22.9. The highest BCUT2D eigenvalue weighted by Gasteiger charge is 2.38. The van der Waals surface area contributed by atoms with Crippen molar-refractivity contribution >= 4 is 32.6 Å². The van der Waals surface area contributed by atoms with Gasteiger partial charge in [0.2, 0.25) is 0 Å². The molecule has 0 aliphatic carbocycles. The van der Waals surface area contributed by atoms with Crippen LogP contribution in [0.3, 0.4) is 0 Å². The lowest BCUT2D eigenvalue weighted by Gasteiger charge is -2.21. The first-order valence-corrected chi connectivity index (χ1v) is 10.6. The average molecular weight is 495 g/mol. The number of aromatic nitrogens is 2. The van der Waals surface area contributed by atoms with E-state index in [1.807, 2.05) is 13.0 Å². The molecule has 4 nitrogen and oxygen atoms in total. The van der Waals surface area contributed by atoms with Crippen LogP contribution in [0.1, 0.15) is 32.7 Å². The highest BCUT2D eigenvalue weighted by Crippen LogP contribution is 2.37. The molecule has 0 bridgehead atoms. The number of anilines is 1. The van der Waals surface area contributed by atoms with E-state index in [1.165, 1.54) is 6.20 Å². The number of hydrogen-bond acceptors (Lipinski definition) is 4. The highest BCUT2D eigenvalue weighted by molar-refractivity contribution is 7.22. The molecule has 2 aromatic heterocycles. The molecule has 0 saturated carbocycles. The van der Waals surface area contributed by atoms with Crippen molar-refractivity contribution in [2.45, 2.75) is 25.8 Å². The molecule has 2 heterocycles. The number of carbonyl (C=O) groups is 1. The summed E-state index contributed by atoms with van der Waals surface area (Å²) in [5.74, 6) is -1.06. The van der Waals surface area contributed by atoms with Crippen LogP contribution in [0.4, 0.5) is 31.5 Å². The minimum Gasteiger partial charge on any atom is -0.278 e. The van der Waals surface area contributed by atoms with E-state index in [0.29, 0.717) is 28.0 Å². The maximum absolute atomic E-state index is 13.4. The van der Waals surface area contributed by atoms with Crippen LogP contribution in [0.15, 0.2) is 60.8 Å². The van der Waals surface area contributed by atoms with E-state index < -0.39 is 35.0 Å². The standard InChI is InChI=1S/C23H15F6N3OS/c1-13-5-6-18-19(8-13)34-21(31-18)32(12-17-4-2-3-7-30-17)20(33)14-9-15(22(24,25)26)11-16(10-14)23(27,28)29/h2-11H,12H2,1H3. The number of carbonyl (C=O) groups excluding carboxylic acids is 1. The van der Waals surface area contributed by atoms with Gasteiger partial charge in [0.15, 0.2) is 5.13 Å². The van der Waals surface area contributed by atoms with Crippen LogP contribution in [0.5, 0.6) is 0 Å². The van der Waals surface area contributed by atoms with Gasteiger partial charge in [0, 0.05) is 11.8 Å². The van der Waals surface area contributed by atoms with Crippen molar-refractivity contribution in [3.63, 3.8) is 0 Å². The number of rotatable bonds is 4. The summed E-state index contributed by atoms with van der Waals surface area (Å²) in [6, 6.07) is 11.1. The number of fused-ring (bicyclic) bond motifs is 1. The number of amides is 1. The van der Waals surface area contributed by atoms with Crippen molar-refractivity contribution in [2.75, 3.05) is 4.90 Å². The van der Waals surface area contributed by atoms with Crippen LogP contribution < -0.4 is 4.90 Å². The number of halogens is 6. The van der Waals surface area contributed by atoms with Gasteiger partial charge in [0.25, 0.3) is 5.91 Å². The molecule has 0 fully saturated rings. The maximum Gasteiger partial charge on any atom is 0.416 e. The van der Waals surface area contributed by atoms with Crippen molar-refractivity contribution < 1.29 is 31.1 Å². The van der Waals surface area contributed by atoms with E-state index in [0.717, 1.165) is 21.8 Å². The average Bonchev–Trinajstić information content (AvgIpc) is 3.19. The maximum atomic E-state index is 13.4. The van der Waals surface area contributed by atoms with Crippen LogP contribution in [0, 0.1) is 6.92 Å². The summed E-state index contributed by atoms with van der Waals surface area (Å²) in [5, 5.41) is 0.127. The summed E-state index contributed by atoms with van der Waals surface area (Å²) in [6.45, 7) is 1.66. The monoisotopic (exact) mass is 495 g/mol. The molecule has 0 aliphatic heterocycles. The van der Waals surface area contributed by atoms with Crippen molar-refractivity contribution in [3.05, 3.63) is 88.7 Å². The zero-order valence-electron chi connectivity index (χ0n) is 17.4. The molecule has 0 saturated heterocycles. The van der Waals surface area contributed by atoms with Crippen LogP contribution in [0.25, 0.3) is 10.2 Å². The van der Waals surface area contributed by atoms with Gasteiger partial charge in [-0.25, -0.2) is 4.98 Å². The molecular weight excluding hydrogens is 480 g/mol. The summed E-state index contributed by atoms with van der Waals surface area (Å²) in [5.41, 5.74) is -2.03. The van der Waals surface area contributed by atoms with Gasteiger partial charge in [-0.1, -0.05) is 23.5 Å². The van der Waals surface area contributed by atoms with E-state index in [1.54, 1.807) is 30.3 Å². The molecule has 0 atom stereocenters. The lowest BCUT2D eigenvalue weighted by Crippen LogP contribution is -2.31. The quantitative estimate of drug-likeness (QED) is 0.290. The van der Waals surface area contributed by atoms with Gasteiger partial charge in [-0.05, 0) is 55.0 Å². The van der Waals surface area contributed by atoms with Crippen molar-refractivity contribution in [1.82, 2.24) is 9.97 Å². The molecule has 0 radical (unpaired) electrons. The number of thiazole rings is 1. The Kier molecular flexibility index (Phi) is 6.07. The van der Waals surface area contributed by atoms with Crippen molar-refractivity contribution in [1.29, 1.82) is 0 Å². The van der Waals surface area contributed by atoms with Gasteiger partial charge < -0.3 is 0 Å². The fraction of sp³-hybridized carbons (Fsp3) is 0.174. The first-order chi connectivity index (χ1) is 15.9. The van der Waals surface area contributed by atoms with Gasteiger partial charge in [0.1, 0.15) is 0 Å². The van der Waals surface area contributed by atoms with E-state index >= 15 is 0 Å². The van der Waals surface area contributed by atoms with Gasteiger partial charge in [0.05, 0.1) is 33.6 Å². The largest absolute Gasteiger partial charge is 0.416 e. The Labute approximate surface area is 193 Å². The molecule has 11 heteroatoms. The fourth-order valence-corrected chi connectivity index (χ4v) is 4.31. The Hall–Kier alpha value is -3.47. The SMILES string of the molecule is Cc1ccc2nc(N(Cc3ccccn3)C(=O)c3cc(C(F)(F)F)cc(C(F)(F)F)c3)sc2c1. The Morgan fingerprint density at radius 1 is 0.941 bits per heavy atom. The molecule has 1 amide bonds. The number of alkyl halides is 6. The lowest BCUT2D eigenvalue weighted by atomic mass is 10.0. The van der Waals surface area contributed by atoms with Gasteiger partial charge in [-0.2, -0.15) is 26.3 Å². The van der Waals surface area contributed by atoms with E-state index in [4.69, 9.17) is 0 Å². The van der Waals surface area contributed by atoms with Crippen LogP contribution in [-0.4, -0.2) is 15.9 Å². The lowest BCUT2D eigenvalue weighted by molar-refractivity contribution is -0.143. The highest BCUT2D eigenvalue weighted by atomic mass is 32.1. The molecule has 4 aromatic rings. The summed E-state index contributed by atoms with van der Waals surface area (Å²) in [6.07, 6.45) is -8.68. The smallest absolute Gasteiger partial charge is 0.278 e. The zero-order valence-corrected chi connectivity index (χ0v) is 18.2. The molecule has 0 spiro atoms. The van der Waals surface area contributed by atoms with Crippen LogP contribution in [0.2, 0.25) is 0 Å². The normalized spacial score (nSPS) is 12.2. The summed E-state index contributed by atoms with van der Waals surface area (Å²) < 4.78 is 80.7. The van der Waals surface area contributed by atoms with E-state index in [2.05, 4.69) is 9.97 Å². The van der Waals surface area contributed by atoms with E-state index in [-0.39, 0.29) is 17.7 Å². The molecular formula is C23H15F6N3OS. The molecule has 2 aromatic carbocycles. The minimum absolute atomic E-state index is 0.0136. The molecule has 0 N–H and O–H groups in total. The Balaban J connectivity index is 1.85. The second-order valence-corrected chi connectivity index (χ2v) is 8.48.